The molecule has 0 aliphatic heterocycles. The average Bonchev–Trinajstić information content (AvgIpc) is 3.83. The van der Waals surface area contributed by atoms with E-state index in [2.05, 4.69) is 252 Å². The van der Waals surface area contributed by atoms with Gasteiger partial charge in [-0.1, -0.05) is 176 Å². The highest BCUT2D eigenvalue weighted by Crippen LogP contribution is 2.56. The molecule has 0 fully saturated rings. The summed E-state index contributed by atoms with van der Waals surface area (Å²) in [5.41, 5.74) is 16.6. The normalized spacial score (nSPS) is 12.7. The Morgan fingerprint density at radius 1 is 0.344 bits per heavy atom. The van der Waals surface area contributed by atoms with Crippen LogP contribution in [0.3, 0.4) is 0 Å². The number of anilines is 3. The standard InChI is InChI=1S/C59H40N2/c1-4-19-44(20-5-1)59(54-28-14-12-26-50(54)51-27-13-15-29-55(51)59)45-34-38-58-53(40-45)52-39-43(33-37-57(52)61(58)47-23-8-3-9-24-47)41-31-35-48(36-32-41)60(46-21-6-2-7-22-46)56-30-16-18-42-17-10-11-25-49(42)56/h1-40H. The van der Waals surface area contributed by atoms with Gasteiger partial charge < -0.3 is 9.47 Å². The molecule has 10 aromatic carbocycles. The van der Waals surface area contributed by atoms with E-state index < -0.39 is 5.41 Å². The summed E-state index contributed by atoms with van der Waals surface area (Å²) in [6.07, 6.45) is 0. The van der Waals surface area contributed by atoms with Crippen molar-refractivity contribution in [2.75, 3.05) is 4.90 Å². The van der Waals surface area contributed by atoms with Crippen molar-refractivity contribution in [1.29, 1.82) is 0 Å². The van der Waals surface area contributed by atoms with E-state index in [4.69, 9.17) is 0 Å². The van der Waals surface area contributed by atoms with Gasteiger partial charge in [0.1, 0.15) is 0 Å². The van der Waals surface area contributed by atoms with Gasteiger partial charge in [-0.15, -0.1) is 0 Å². The highest BCUT2D eigenvalue weighted by Gasteiger charge is 2.46. The molecule has 0 saturated carbocycles. The molecule has 12 rings (SSSR count). The van der Waals surface area contributed by atoms with Gasteiger partial charge in [-0.25, -0.2) is 0 Å². The molecule has 61 heavy (non-hydrogen) atoms. The lowest BCUT2D eigenvalue weighted by Crippen LogP contribution is -2.28. The number of hydrogen-bond acceptors (Lipinski definition) is 1. The van der Waals surface area contributed by atoms with Crippen LogP contribution in [0.2, 0.25) is 0 Å². The topological polar surface area (TPSA) is 8.17 Å². The van der Waals surface area contributed by atoms with Gasteiger partial charge in [0.25, 0.3) is 0 Å². The third kappa shape index (κ3) is 5.43. The van der Waals surface area contributed by atoms with Crippen molar-refractivity contribution >= 4 is 49.6 Å². The molecular weight excluding hydrogens is 737 g/mol. The fourth-order valence-electron chi connectivity index (χ4n) is 10.2. The second kappa shape index (κ2) is 14.1. The van der Waals surface area contributed by atoms with Gasteiger partial charge in [0.05, 0.1) is 22.1 Å². The van der Waals surface area contributed by atoms with Gasteiger partial charge in [-0.3, -0.25) is 0 Å². The van der Waals surface area contributed by atoms with Crippen LogP contribution in [0.5, 0.6) is 0 Å². The molecule has 0 amide bonds. The minimum absolute atomic E-state index is 0.480. The quantitative estimate of drug-likeness (QED) is 0.156. The Kier molecular flexibility index (Phi) is 8.11. The van der Waals surface area contributed by atoms with Gasteiger partial charge in [-0.05, 0) is 117 Å². The molecule has 1 aliphatic carbocycles. The maximum absolute atomic E-state index is 2.48. The van der Waals surface area contributed by atoms with Crippen LogP contribution in [-0.4, -0.2) is 4.57 Å². The molecule has 0 saturated heterocycles. The molecule has 286 valence electrons. The molecule has 0 unspecified atom stereocenters. The Bertz CT molecular complexity index is 3350. The summed E-state index contributed by atoms with van der Waals surface area (Å²) in [6.45, 7) is 0. The highest BCUT2D eigenvalue weighted by molar-refractivity contribution is 6.11. The summed E-state index contributed by atoms with van der Waals surface area (Å²) in [5.74, 6) is 0. The van der Waals surface area contributed by atoms with Crippen molar-refractivity contribution in [2.24, 2.45) is 0 Å². The summed E-state index contributed by atoms with van der Waals surface area (Å²) >= 11 is 0. The van der Waals surface area contributed by atoms with Gasteiger partial charge in [-0.2, -0.15) is 0 Å². The van der Waals surface area contributed by atoms with Crippen LogP contribution >= 0.6 is 0 Å². The monoisotopic (exact) mass is 776 g/mol. The van der Waals surface area contributed by atoms with E-state index in [1.807, 2.05) is 0 Å². The summed E-state index contributed by atoms with van der Waals surface area (Å²) in [4.78, 5) is 2.37. The summed E-state index contributed by atoms with van der Waals surface area (Å²) in [6, 6.07) is 89.0. The summed E-state index contributed by atoms with van der Waals surface area (Å²) < 4.78 is 2.43. The molecule has 11 aromatic rings. The first kappa shape index (κ1) is 35.0. The van der Waals surface area contributed by atoms with E-state index in [1.165, 1.54) is 77.1 Å². The maximum Gasteiger partial charge on any atom is 0.0713 e. The van der Waals surface area contributed by atoms with Crippen LogP contribution in [0, 0.1) is 0 Å². The molecule has 0 spiro atoms. The summed E-state index contributed by atoms with van der Waals surface area (Å²) in [7, 11) is 0. The number of benzene rings is 10. The lowest BCUT2D eigenvalue weighted by molar-refractivity contribution is 0.770. The van der Waals surface area contributed by atoms with E-state index in [9.17, 15) is 0 Å². The predicted molar refractivity (Wildman–Crippen MR) is 256 cm³/mol. The van der Waals surface area contributed by atoms with Crippen molar-refractivity contribution < 1.29 is 0 Å². The molecule has 2 heteroatoms. The predicted octanol–water partition coefficient (Wildman–Crippen LogP) is 15.4. The fraction of sp³-hybridized carbons (Fsp3) is 0.0169. The third-order valence-corrected chi connectivity index (χ3v) is 12.9. The number of aromatic nitrogens is 1. The Labute approximate surface area is 355 Å². The molecule has 0 bridgehead atoms. The molecule has 1 aromatic heterocycles. The number of fused-ring (bicyclic) bond motifs is 7. The Hall–Kier alpha value is -7.94. The van der Waals surface area contributed by atoms with Gasteiger partial charge in [0.2, 0.25) is 0 Å². The smallest absolute Gasteiger partial charge is 0.0713 e. The minimum atomic E-state index is -0.480. The highest BCUT2D eigenvalue weighted by atomic mass is 15.1. The van der Waals surface area contributed by atoms with E-state index in [-0.39, 0.29) is 0 Å². The third-order valence-electron chi connectivity index (χ3n) is 12.9. The Morgan fingerprint density at radius 2 is 0.885 bits per heavy atom. The van der Waals surface area contributed by atoms with Crippen LogP contribution < -0.4 is 4.90 Å². The lowest BCUT2D eigenvalue weighted by Gasteiger charge is -2.34. The molecule has 1 heterocycles. The van der Waals surface area contributed by atoms with Crippen molar-refractivity contribution in [3.63, 3.8) is 0 Å². The van der Waals surface area contributed by atoms with Crippen LogP contribution in [0.25, 0.3) is 60.5 Å². The van der Waals surface area contributed by atoms with Crippen LogP contribution in [0.15, 0.2) is 243 Å². The van der Waals surface area contributed by atoms with Gasteiger partial charge in [0.15, 0.2) is 0 Å². The van der Waals surface area contributed by atoms with Crippen molar-refractivity contribution in [1.82, 2.24) is 4.57 Å². The SMILES string of the molecule is c1ccc(N(c2ccc(-c3ccc4c(c3)c3cc(C5(c6ccccc6)c6ccccc6-c6ccccc65)ccc3n4-c3ccccc3)cc2)c2cccc3ccccc23)cc1. The second-order valence-electron chi connectivity index (χ2n) is 16.1. The summed E-state index contributed by atoms with van der Waals surface area (Å²) in [5, 5.41) is 4.90. The van der Waals surface area contributed by atoms with E-state index in [1.54, 1.807) is 0 Å². The zero-order valence-corrected chi connectivity index (χ0v) is 33.5. The number of hydrogen-bond donors (Lipinski definition) is 0. The first-order chi connectivity index (χ1) is 30.3. The Balaban J connectivity index is 1.05. The van der Waals surface area contributed by atoms with Gasteiger partial charge >= 0.3 is 0 Å². The maximum atomic E-state index is 2.48. The molecule has 0 atom stereocenters. The number of nitrogens with zero attached hydrogens (tertiary/aromatic N) is 2. The largest absolute Gasteiger partial charge is 0.310 e. The Morgan fingerprint density at radius 3 is 1.61 bits per heavy atom. The average molecular weight is 777 g/mol. The number of rotatable bonds is 7. The van der Waals surface area contributed by atoms with Crippen LogP contribution in [0.1, 0.15) is 22.3 Å². The van der Waals surface area contributed by atoms with E-state index in [0.29, 0.717) is 0 Å². The van der Waals surface area contributed by atoms with Crippen LogP contribution in [-0.2, 0) is 5.41 Å². The second-order valence-corrected chi connectivity index (χ2v) is 16.1. The van der Waals surface area contributed by atoms with Crippen molar-refractivity contribution in [3.8, 4) is 27.9 Å². The lowest BCUT2D eigenvalue weighted by atomic mass is 9.67. The fourth-order valence-corrected chi connectivity index (χ4v) is 10.2. The molecule has 0 radical (unpaired) electrons. The van der Waals surface area contributed by atoms with Gasteiger partial charge in [0, 0.05) is 33.2 Å². The van der Waals surface area contributed by atoms with Crippen molar-refractivity contribution in [3.05, 3.63) is 265 Å². The first-order valence-electron chi connectivity index (χ1n) is 21.1. The van der Waals surface area contributed by atoms with Crippen molar-refractivity contribution in [2.45, 2.75) is 5.41 Å². The van der Waals surface area contributed by atoms with Crippen LogP contribution in [0.4, 0.5) is 17.1 Å². The minimum Gasteiger partial charge on any atom is -0.310 e. The molecule has 0 N–H and O–H groups in total. The number of para-hydroxylation sites is 2. The molecular formula is C59H40N2. The molecule has 1 aliphatic rings. The first-order valence-corrected chi connectivity index (χ1v) is 21.1. The molecule has 2 nitrogen and oxygen atoms in total. The zero-order valence-electron chi connectivity index (χ0n) is 33.5. The van der Waals surface area contributed by atoms with E-state index >= 15 is 0 Å². The van der Waals surface area contributed by atoms with E-state index in [0.717, 1.165) is 22.7 Å². The zero-order chi connectivity index (χ0) is 40.3.